The molecule has 1 amide bonds. The Morgan fingerprint density at radius 2 is 2.11 bits per heavy atom. The fourth-order valence-electron chi connectivity index (χ4n) is 2.95. The summed E-state index contributed by atoms with van der Waals surface area (Å²) in [5.41, 5.74) is 15.9. The minimum Gasteiger partial charge on any atom is -0.368 e. The molecule has 1 fully saturated rings. The van der Waals surface area contributed by atoms with E-state index >= 15 is 0 Å². The van der Waals surface area contributed by atoms with Crippen LogP contribution in [0.1, 0.15) is 34.3 Å². The van der Waals surface area contributed by atoms with Crippen molar-refractivity contribution in [1.29, 1.82) is 0 Å². The number of nitrogen functional groups attached to an aromatic ring is 1. The Kier molecular flexibility index (Phi) is 4.54. The molecule has 3 aromatic rings. The van der Waals surface area contributed by atoms with Crippen LogP contribution in [-0.4, -0.2) is 20.9 Å². The SMILES string of the molecule is Cc1ccc(Cl)cc1-c1[nH]c(-c2nc(N)ncc2C#CC2CC2)cc1C(N)=O. The maximum absolute atomic E-state index is 12.1. The summed E-state index contributed by atoms with van der Waals surface area (Å²) in [4.78, 5) is 23.8. The van der Waals surface area contributed by atoms with Crippen molar-refractivity contribution in [1.82, 2.24) is 15.0 Å². The number of anilines is 1. The molecule has 2 aromatic heterocycles. The van der Waals surface area contributed by atoms with Gasteiger partial charge in [0.05, 0.1) is 22.5 Å². The molecule has 0 aliphatic heterocycles. The van der Waals surface area contributed by atoms with Crippen molar-refractivity contribution in [2.45, 2.75) is 19.8 Å². The fraction of sp³-hybridized carbons (Fsp3) is 0.190. The zero-order valence-electron chi connectivity index (χ0n) is 15.2. The number of nitrogens with zero attached hydrogens (tertiary/aromatic N) is 2. The van der Waals surface area contributed by atoms with Crippen molar-refractivity contribution in [3.8, 4) is 34.5 Å². The number of aromatic amines is 1. The van der Waals surface area contributed by atoms with Gasteiger partial charge >= 0.3 is 0 Å². The second kappa shape index (κ2) is 7.02. The number of halogens is 1. The number of hydrogen-bond donors (Lipinski definition) is 3. The van der Waals surface area contributed by atoms with E-state index in [1.807, 2.05) is 13.0 Å². The van der Waals surface area contributed by atoms with E-state index in [1.165, 1.54) is 0 Å². The summed E-state index contributed by atoms with van der Waals surface area (Å²) in [5.74, 6) is 6.34. The van der Waals surface area contributed by atoms with Gasteiger partial charge < -0.3 is 16.5 Å². The van der Waals surface area contributed by atoms with E-state index in [2.05, 4.69) is 26.8 Å². The first kappa shape index (κ1) is 18.1. The lowest BCUT2D eigenvalue weighted by atomic mass is 10.0. The van der Waals surface area contributed by atoms with Crippen LogP contribution in [-0.2, 0) is 0 Å². The third-order valence-corrected chi connectivity index (χ3v) is 4.84. The van der Waals surface area contributed by atoms with Crippen LogP contribution in [0.2, 0.25) is 5.02 Å². The Bertz CT molecular complexity index is 1150. The predicted molar refractivity (Wildman–Crippen MR) is 110 cm³/mol. The number of nitrogens with one attached hydrogen (secondary N) is 1. The van der Waals surface area contributed by atoms with E-state index in [-0.39, 0.29) is 5.95 Å². The first-order valence-electron chi connectivity index (χ1n) is 8.86. The molecule has 0 spiro atoms. The number of benzene rings is 1. The largest absolute Gasteiger partial charge is 0.368 e. The van der Waals surface area contributed by atoms with Crippen molar-refractivity contribution in [3.05, 3.63) is 52.2 Å². The topological polar surface area (TPSA) is 111 Å². The van der Waals surface area contributed by atoms with Gasteiger partial charge in [-0.1, -0.05) is 29.5 Å². The molecule has 1 aromatic carbocycles. The highest BCUT2D eigenvalue weighted by molar-refractivity contribution is 6.31. The number of carbonyl (C=O) groups is 1. The molecular weight excluding hydrogens is 374 g/mol. The summed E-state index contributed by atoms with van der Waals surface area (Å²) in [7, 11) is 0. The second-order valence-corrected chi connectivity index (χ2v) is 7.27. The summed E-state index contributed by atoms with van der Waals surface area (Å²) < 4.78 is 0. The lowest BCUT2D eigenvalue weighted by Crippen LogP contribution is -2.11. The summed E-state index contributed by atoms with van der Waals surface area (Å²) in [6.07, 6.45) is 3.83. The Labute approximate surface area is 167 Å². The Morgan fingerprint density at radius 1 is 1.32 bits per heavy atom. The van der Waals surface area contributed by atoms with Gasteiger partial charge in [0.25, 0.3) is 5.91 Å². The summed E-state index contributed by atoms with van der Waals surface area (Å²) in [6.45, 7) is 1.94. The highest BCUT2D eigenvalue weighted by Gasteiger charge is 2.21. The van der Waals surface area contributed by atoms with E-state index in [9.17, 15) is 4.79 Å². The van der Waals surface area contributed by atoms with E-state index in [1.54, 1.807) is 24.4 Å². The van der Waals surface area contributed by atoms with Crippen molar-refractivity contribution in [3.63, 3.8) is 0 Å². The van der Waals surface area contributed by atoms with E-state index < -0.39 is 5.91 Å². The number of amides is 1. The second-order valence-electron chi connectivity index (χ2n) is 6.83. The van der Waals surface area contributed by atoms with Crippen LogP contribution in [0.4, 0.5) is 5.95 Å². The molecule has 1 aliphatic carbocycles. The van der Waals surface area contributed by atoms with Gasteiger partial charge in [-0.15, -0.1) is 0 Å². The summed E-state index contributed by atoms with van der Waals surface area (Å²) >= 11 is 6.16. The molecule has 2 heterocycles. The first-order chi connectivity index (χ1) is 13.4. The van der Waals surface area contributed by atoms with Gasteiger partial charge in [-0.3, -0.25) is 4.79 Å². The van der Waals surface area contributed by atoms with E-state index in [0.717, 1.165) is 24.0 Å². The van der Waals surface area contributed by atoms with Crippen LogP contribution < -0.4 is 11.5 Å². The maximum atomic E-state index is 12.1. The number of hydrogen-bond acceptors (Lipinski definition) is 4. The average molecular weight is 392 g/mol. The molecule has 140 valence electrons. The fourth-order valence-corrected chi connectivity index (χ4v) is 3.12. The Hall–Kier alpha value is -3.30. The zero-order chi connectivity index (χ0) is 19.8. The molecular formula is C21H18ClN5O. The summed E-state index contributed by atoms with van der Waals surface area (Å²) in [5, 5.41) is 0.564. The number of carbonyl (C=O) groups excluding carboxylic acids is 1. The van der Waals surface area contributed by atoms with Gasteiger partial charge in [0, 0.05) is 22.7 Å². The van der Waals surface area contributed by atoms with E-state index in [4.69, 9.17) is 23.1 Å². The quantitative estimate of drug-likeness (QED) is 0.593. The number of nitrogens with two attached hydrogens (primary N) is 2. The van der Waals surface area contributed by atoms with Crippen molar-refractivity contribution >= 4 is 23.5 Å². The number of aryl methyl sites for hydroxylation is 1. The molecule has 0 unspecified atom stereocenters. The van der Waals surface area contributed by atoms with Crippen LogP contribution in [0.5, 0.6) is 0 Å². The van der Waals surface area contributed by atoms with Crippen molar-refractivity contribution in [2.24, 2.45) is 11.7 Å². The molecule has 1 saturated carbocycles. The molecule has 0 radical (unpaired) electrons. The van der Waals surface area contributed by atoms with Gasteiger partial charge in [-0.25, -0.2) is 9.97 Å². The van der Waals surface area contributed by atoms with Crippen LogP contribution >= 0.6 is 11.6 Å². The maximum Gasteiger partial charge on any atom is 0.250 e. The number of aromatic nitrogens is 3. The monoisotopic (exact) mass is 391 g/mol. The normalized spacial score (nSPS) is 13.1. The molecule has 1 aliphatic rings. The molecule has 28 heavy (non-hydrogen) atoms. The van der Waals surface area contributed by atoms with Crippen LogP contribution in [0.25, 0.3) is 22.6 Å². The predicted octanol–water partition coefficient (Wildman–Crippen LogP) is 3.54. The highest BCUT2D eigenvalue weighted by atomic mass is 35.5. The van der Waals surface area contributed by atoms with Gasteiger partial charge in [0.2, 0.25) is 5.95 Å². The minimum atomic E-state index is -0.551. The lowest BCUT2D eigenvalue weighted by molar-refractivity contribution is 0.100. The van der Waals surface area contributed by atoms with Crippen LogP contribution in [0.3, 0.4) is 0 Å². The molecule has 0 bridgehead atoms. The Balaban J connectivity index is 1.89. The van der Waals surface area contributed by atoms with Gasteiger partial charge in [-0.2, -0.15) is 0 Å². The highest BCUT2D eigenvalue weighted by Crippen LogP contribution is 2.33. The van der Waals surface area contributed by atoms with Crippen LogP contribution in [0, 0.1) is 24.7 Å². The third kappa shape index (κ3) is 3.57. The van der Waals surface area contributed by atoms with Gasteiger partial charge in [-0.05, 0) is 43.5 Å². The van der Waals surface area contributed by atoms with Crippen LogP contribution in [0.15, 0.2) is 30.5 Å². The summed E-state index contributed by atoms with van der Waals surface area (Å²) in [6, 6.07) is 7.15. The standard InChI is InChI=1S/C21H18ClN5O/c1-11-2-7-14(22)8-15(11)19-16(20(23)28)9-17(26-19)18-13(6-5-12-3-4-12)10-25-21(24)27-18/h2,7-10,12,26H,3-4H2,1H3,(H2,23,28)(H2,24,25,27). The minimum absolute atomic E-state index is 0.127. The molecule has 0 saturated heterocycles. The number of primary amides is 1. The third-order valence-electron chi connectivity index (χ3n) is 4.60. The van der Waals surface area contributed by atoms with Gasteiger partial charge in [0.1, 0.15) is 5.69 Å². The smallest absolute Gasteiger partial charge is 0.250 e. The van der Waals surface area contributed by atoms with Crippen molar-refractivity contribution in [2.75, 3.05) is 5.73 Å². The number of H-pyrrole nitrogens is 1. The molecule has 6 nitrogen and oxygen atoms in total. The first-order valence-corrected chi connectivity index (χ1v) is 9.24. The number of rotatable bonds is 3. The van der Waals surface area contributed by atoms with Crippen molar-refractivity contribution < 1.29 is 4.79 Å². The zero-order valence-corrected chi connectivity index (χ0v) is 16.0. The van der Waals surface area contributed by atoms with E-state index in [0.29, 0.717) is 39.1 Å². The molecule has 0 atom stereocenters. The molecule has 5 N–H and O–H groups in total. The lowest BCUT2D eigenvalue weighted by Gasteiger charge is -2.07. The Morgan fingerprint density at radius 3 is 2.82 bits per heavy atom. The molecule has 4 rings (SSSR count). The molecule has 7 heteroatoms. The average Bonchev–Trinajstić information content (AvgIpc) is 3.38. The van der Waals surface area contributed by atoms with Gasteiger partial charge in [0.15, 0.2) is 0 Å².